The van der Waals surface area contributed by atoms with Crippen LogP contribution in [-0.2, 0) is 4.79 Å². The molecule has 3 nitrogen and oxygen atoms in total. The van der Waals surface area contributed by atoms with Gasteiger partial charge in [0.25, 0.3) is 0 Å². The SMILES string of the molecule is Cc1ccc(SCC(=O)N[C@](C)(C#N)C(C)C)cc1C. The number of rotatable bonds is 5. The highest BCUT2D eigenvalue weighted by atomic mass is 32.2. The molecule has 0 aliphatic heterocycles. The van der Waals surface area contributed by atoms with E-state index in [1.54, 1.807) is 6.92 Å². The molecule has 108 valence electrons. The second-order valence-electron chi connectivity index (χ2n) is 5.55. The second kappa shape index (κ2) is 6.81. The minimum Gasteiger partial charge on any atom is -0.337 e. The Morgan fingerprint density at radius 2 is 2.05 bits per heavy atom. The third kappa shape index (κ3) is 4.28. The second-order valence-corrected chi connectivity index (χ2v) is 6.60. The quantitative estimate of drug-likeness (QED) is 0.845. The van der Waals surface area contributed by atoms with E-state index in [9.17, 15) is 10.1 Å². The molecule has 1 N–H and O–H groups in total. The lowest BCUT2D eigenvalue weighted by atomic mass is 9.90. The predicted octanol–water partition coefficient (Wildman–Crippen LogP) is 3.45. The molecule has 1 aromatic carbocycles. The maximum absolute atomic E-state index is 12.0. The topological polar surface area (TPSA) is 52.9 Å². The van der Waals surface area contributed by atoms with Gasteiger partial charge in [0.1, 0.15) is 5.54 Å². The lowest BCUT2D eigenvalue weighted by Gasteiger charge is -2.27. The van der Waals surface area contributed by atoms with E-state index in [4.69, 9.17) is 0 Å². The van der Waals surface area contributed by atoms with E-state index in [0.717, 1.165) is 4.90 Å². The average Bonchev–Trinajstić information content (AvgIpc) is 2.39. The largest absolute Gasteiger partial charge is 0.337 e. The van der Waals surface area contributed by atoms with Crippen molar-refractivity contribution in [2.24, 2.45) is 5.92 Å². The first-order chi connectivity index (χ1) is 9.28. The van der Waals surface area contributed by atoms with Crippen LogP contribution < -0.4 is 5.32 Å². The maximum atomic E-state index is 12.0. The summed E-state index contributed by atoms with van der Waals surface area (Å²) < 4.78 is 0. The summed E-state index contributed by atoms with van der Waals surface area (Å²) in [6.07, 6.45) is 0. The van der Waals surface area contributed by atoms with Crippen LogP contribution in [0.2, 0.25) is 0 Å². The molecule has 4 heteroatoms. The number of aryl methyl sites for hydroxylation is 2. The Morgan fingerprint density at radius 3 is 2.55 bits per heavy atom. The lowest BCUT2D eigenvalue weighted by Crippen LogP contribution is -2.49. The van der Waals surface area contributed by atoms with Crippen molar-refractivity contribution in [3.05, 3.63) is 29.3 Å². The van der Waals surface area contributed by atoms with Crippen LogP contribution in [0.1, 0.15) is 31.9 Å². The summed E-state index contributed by atoms with van der Waals surface area (Å²) in [7, 11) is 0. The molecule has 0 heterocycles. The summed E-state index contributed by atoms with van der Waals surface area (Å²) in [5, 5.41) is 12.0. The van der Waals surface area contributed by atoms with Crippen molar-refractivity contribution in [3.63, 3.8) is 0 Å². The van der Waals surface area contributed by atoms with Crippen LogP contribution in [0.25, 0.3) is 0 Å². The van der Waals surface area contributed by atoms with E-state index in [1.165, 1.54) is 22.9 Å². The zero-order chi connectivity index (χ0) is 15.3. The normalized spacial score (nSPS) is 13.7. The van der Waals surface area contributed by atoms with Crippen molar-refractivity contribution < 1.29 is 4.79 Å². The molecular formula is C16H22N2OS. The molecule has 0 spiro atoms. The highest BCUT2D eigenvalue weighted by molar-refractivity contribution is 8.00. The summed E-state index contributed by atoms with van der Waals surface area (Å²) >= 11 is 1.49. The number of thioether (sulfide) groups is 1. The van der Waals surface area contributed by atoms with Crippen LogP contribution >= 0.6 is 11.8 Å². The monoisotopic (exact) mass is 290 g/mol. The molecule has 1 aromatic rings. The van der Waals surface area contributed by atoms with E-state index in [1.807, 2.05) is 19.9 Å². The van der Waals surface area contributed by atoms with Gasteiger partial charge in [0.2, 0.25) is 5.91 Å². The van der Waals surface area contributed by atoms with Gasteiger partial charge in [0.15, 0.2) is 0 Å². The molecule has 0 fully saturated rings. The maximum Gasteiger partial charge on any atom is 0.231 e. The first-order valence-corrected chi connectivity index (χ1v) is 7.69. The summed E-state index contributed by atoms with van der Waals surface area (Å²) in [5.41, 5.74) is 1.66. The molecular weight excluding hydrogens is 268 g/mol. The molecule has 0 radical (unpaired) electrons. The fourth-order valence-electron chi connectivity index (χ4n) is 1.58. The molecule has 0 aliphatic rings. The number of amides is 1. The van der Waals surface area contributed by atoms with Crippen molar-refractivity contribution in [1.29, 1.82) is 5.26 Å². The first kappa shape index (κ1) is 16.6. The van der Waals surface area contributed by atoms with Gasteiger partial charge in [-0.05, 0) is 49.9 Å². The average molecular weight is 290 g/mol. The Balaban J connectivity index is 2.60. The van der Waals surface area contributed by atoms with E-state index in [0.29, 0.717) is 5.75 Å². The number of carbonyl (C=O) groups excluding carboxylic acids is 1. The van der Waals surface area contributed by atoms with Crippen molar-refractivity contribution in [1.82, 2.24) is 5.32 Å². The zero-order valence-corrected chi connectivity index (χ0v) is 13.6. The minimum atomic E-state index is -0.805. The van der Waals surface area contributed by atoms with Gasteiger partial charge in [-0.15, -0.1) is 11.8 Å². The Morgan fingerprint density at radius 1 is 1.40 bits per heavy atom. The molecule has 0 saturated heterocycles. The fraction of sp³-hybridized carbons (Fsp3) is 0.500. The van der Waals surface area contributed by atoms with Crippen LogP contribution in [0, 0.1) is 31.1 Å². The van der Waals surface area contributed by atoms with Gasteiger partial charge in [0.05, 0.1) is 11.8 Å². The van der Waals surface area contributed by atoms with Crippen LogP contribution in [0.3, 0.4) is 0 Å². The zero-order valence-electron chi connectivity index (χ0n) is 12.8. The number of nitriles is 1. The van der Waals surface area contributed by atoms with Crippen molar-refractivity contribution in [3.8, 4) is 6.07 Å². The number of hydrogen-bond acceptors (Lipinski definition) is 3. The van der Waals surface area contributed by atoms with Crippen molar-refractivity contribution in [2.75, 3.05) is 5.75 Å². The molecule has 0 aromatic heterocycles. The molecule has 1 rings (SSSR count). The van der Waals surface area contributed by atoms with E-state index in [2.05, 4.69) is 37.4 Å². The number of nitrogens with zero attached hydrogens (tertiary/aromatic N) is 1. The van der Waals surface area contributed by atoms with Crippen LogP contribution in [0.15, 0.2) is 23.1 Å². The number of nitrogens with one attached hydrogen (secondary N) is 1. The summed E-state index contributed by atoms with van der Waals surface area (Å²) in [5.74, 6) is 0.293. The van der Waals surface area contributed by atoms with Gasteiger partial charge in [-0.3, -0.25) is 4.79 Å². The summed E-state index contributed by atoms with van der Waals surface area (Å²) in [6.45, 7) is 9.75. The number of hydrogen-bond donors (Lipinski definition) is 1. The number of benzene rings is 1. The first-order valence-electron chi connectivity index (χ1n) is 6.71. The molecule has 0 aliphatic carbocycles. The highest BCUT2D eigenvalue weighted by Gasteiger charge is 2.29. The third-order valence-electron chi connectivity index (χ3n) is 3.63. The summed E-state index contributed by atoms with van der Waals surface area (Å²) in [4.78, 5) is 13.0. The molecule has 1 amide bonds. The van der Waals surface area contributed by atoms with Gasteiger partial charge >= 0.3 is 0 Å². The van der Waals surface area contributed by atoms with Gasteiger partial charge < -0.3 is 5.32 Å². The van der Waals surface area contributed by atoms with Gasteiger partial charge in [-0.1, -0.05) is 19.9 Å². The van der Waals surface area contributed by atoms with Crippen molar-refractivity contribution >= 4 is 17.7 Å². The molecule has 0 unspecified atom stereocenters. The Bertz CT molecular complexity index is 534. The lowest BCUT2D eigenvalue weighted by molar-refractivity contribution is -0.120. The standard InChI is InChI=1S/C16H22N2OS/c1-11(2)16(5,10-17)18-15(19)9-20-14-7-6-12(3)13(4)8-14/h6-8,11H,9H2,1-5H3,(H,18,19)/t16-/m1/s1. The highest BCUT2D eigenvalue weighted by Crippen LogP contribution is 2.21. The smallest absolute Gasteiger partial charge is 0.231 e. The fourth-order valence-corrected chi connectivity index (χ4v) is 2.37. The Hall–Kier alpha value is -1.47. The third-order valence-corrected chi connectivity index (χ3v) is 4.63. The Kier molecular flexibility index (Phi) is 5.64. The van der Waals surface area contributed by atoms with E-state index in [-0.39, 0.29) is 11.8 Å². The summed E-state index contributed by atoms with van der Waals surface area (Å²) in [6, 6.07) is 8.34. The number of carbonyl (C=O) groups is 1. The van der Waals surface area contributed by atoms with E-state index < -0.39 is 5.54 Å². The van der Waals surface area contributed by atoms with Crippen LogP contribution in [0.5, 0.6) is 0 Å². The Labute approximate surface area is 125 Å². The van der Waals surface area contributed by atoms with Gasteiger partial charge in [0, 0.05) is 4.90 Å². The molecule has 20 heavy (non-hydrogen) atoms. The predicted molar refractivity (Wildman–Crippen MR) is 83.6 cm³/mol. The van der Waals surface area contributed by atoms with Gasteiger partial charge in [-0.2, -0.15) is 5.26 Å². The van der Waals surface area contributed by atoms with Crippen LogP contribution in [0.4, 0.5) is 0 Å². The van der Waals surface area contributed by atoms with Gasteiger partial charge in [-0.25, -0.2) is 0 Å². The minimum absolute atomic E-state index is 0.0723. The van der Waals surface area contributed by atoms with Crippen molar-refractivity contribution in [2.45, 2.75) is 45.1 Å². The van der Waals surface area contributed by atoms with E-state index >= 15 is 0 Å². The molecule has 1 atom stereocenters. The van der Waals surface area contributed by atoms with Crippen LogP contribution in [-0.4, -0.2) is 17.2 Å². The molecule has 0 bridgehead atoms. The molecule has 0 saturated carbocycles.